The Kier molecular flexibility index (Phi) is 6.73. The fourth-order valence-corrected chi connectivity index (χ4v) is 6.10. The summed E-state index contributed by atoms with van der Waals surface area (Å²) in [6.07, 6.45) is 8.30. The Labute approximate surface area is 208 Å². The fraction of sp³-hybridized carbons (Fsp3) is 0.478. The summed E-state index contributed by atoms with van der Waals surface area (Å²) >= 11 is 5.91. The number of benzene rings is 1. The number of anilines is 3. The molecule has 4 heterocycles. The van der Waals surface area contributed by atoms with Crippen LogP contribution in [-0.4, -0.2) is 65.1 Å². The molecule has 0 bridgehead atoms. The van der Waals surface area contributed by atoms with E-state index in [1.165, 1.54) is 24.7 Å². The molecule has 0 aliphatic carbocycles. The summed E-state index contributed by atoms with van der Waals surface area (Å²) in [5.74, 6) is 1.77. The molecular weight excluding hydrogens is 493 g/mol. The van der Waals surface area contributed by atoms with Crippen molar-refractivity contribution in [2.75, 3.05) is 42.7 Å². The molecule has 0 unspecified atom stereocenters. The molecule has 1 aromatic carbocycles. The zero-order valence-electron chi connectivity index (χ0n) is 19.4. The van der Waals surface area contributed by atoms with Crippen LogP contribution in [0.1, 0.15) is 25.7 Å². The van der Waals surface area contributed by atoms with E-state index in [4.69, 9.17) is 16.6 Å². The van der Waals surface area contributed by atoms with E-state index in [1.54, 1.807) is 16.6 Å². The van der Waals surface area contributed by atoms with Crippen molar-refractivity contribution in [3.8, 4) is 0 Å². The molecular formula is C23H27ClFN7O2S. The van der Waals surface area contributed by atoms with Gasteiger partial charge in [-0.15, -0.1) is 0 Å². The van der Waals surface area contributed by atoms with Crippen molar-refractivity contribution < 1.29 is 12.8 Å². The van der Waals surface area contributed by atoms with Crippen molar-refractivity contribution in [3.05, 3.63) is 41.6 Å². The average Bonchev–Trinajstić information content (AvgIpc) is 2.86. The van der Waals surface area contributed by atoms with Crippen molar-refractivity contribution in [2.45, 2.75) is 25.7 Å². The third-order valence-electron chi connectivity index (χ3n) is 7.00. The third kappa shape index (κ3) is 5.31. The molecule has 2 aliphatic heterocycles. The highest BCUT2D eigenvalue weighted by molar-refractivity contribution is 7.88. The second kappa shape index (κ2) is 9.79. The van der Waals surface area contributed by atoms with Gasteiger partial charge in [-0.2, -0.15) is 0 Å². The Hall–Kier alpha value is -2.63. The second-order valence-electron chi connectivity index (χ2n) is 9.20. The lowest BCUT2D eigenvalue weighted by molar-refractivity contribution is 0.183. The van der Waals surface area contributed by atoms with Gasteiger partial charge in [0.1, 0.15) is 23.2 Å². The van der Waals surface area contributed by atoms with Crippen molar-refractivity contribution in [2.24, 2.45) is 11.8 Å². The van der Waals surface area contributed by atoms with Crippen LogP contribution in [-0.2, 0) is 10.0 Å². The van der Waals surface area contributed by atoms with Gasteiger partial charge in [-0.3, -0.25) is 0 Å². The van der Waals surface area contributed by atoms with E-state index in [2.05, 4.69) is 25.2 Å². The van der Waals surface area contributed by atoms with Gasteiger partial charge in [-0.05, 0) is 55.7 Å². The highest BCUT2D eigenvalue weighted by Gasteiger charge is 2.32. The van der Waals surface area contributed by atoms with Gasteiger partial charge in [0.25, 0.3) is 0 Å². The highest BCUT2D eigenvalue weighted by atomic mass is 35.5. The number of rotatable bonds is 5. The molecule has 186 valence electrons. The second-order valence-corrected chi connectivity index (χ2v) is 11.6. The van der Waals surface area contributed by atoms with Gasteiger partial charge in [0, 0.05) is 31.9 Å². The average molecular weight is 520 g/mol. The Morgan fingerprint density at radius 1 is 1.03 bits per heavy atom. The largest absolute Gasteiger partial charge is 0.341 e. The number of fused-ring (bicyclic) bond motifs is 1. The normalized spacial score (nSPS) is 18.8. The van der Waals surface area contributed by atoms with Gasteiger partial charge in [-0.1, -0.05) is 11.6 Å². The number of nitrogens with one attached hydrogen (secondary N) is 1. The van der Waals surface area contributed by atoms with Gasteiger partial charge < -0.3 is 10.2 Å². The molecule has 12 heteroatoms. The van der Waals surface area contributed by atoms with Crippen LogP contribution in [0.5, 0.6) is 0 Å². The first-order chi connectivity index (χ1) is 16.8. The maximum absolute atomic E-state index is 13.5. The Morgan fingerprint density at radius 2 is 1.71 bits per heavy atom. The van der Waals surface area contributed by atoms with Crippen LogP contribution in [0.3, 0.4) is 0 Å². The molecule has 2 saturated heterocycles. The Morgan fingerprint density at radius 3 is 2.37 bits per heavy atom. The third-order valence-corrected chi connectivity index (χ3v) is 8.60. The molecule has 2 fully saturated rings. The van der Waals surface area contributed by atoms with E-state index in [0.29, 0.717) is 53.4 Å². The number of nitrogens with zero attached hydrogens (tertiary/aromatic N) is 6. The quantitative estimate of drug-likeness (QED) is 0.542. The maximum Gasteiger partial charge on any atom is 0.226 e. The SMILES string of the molecule is CS(=O)(=O)N1CCC(C2CCN(c3ncc4ncnc(Nc5ccc(F)c(Cl)c5)c4n3)CC2)CC1. The van der Waals surface area contributed by atoms with Crippen LogP contribution in [0.25, 0.3) is 11.0 Å². The van der Waals surface area contributed by atoms with E-state index in [0.717, 1.165) is 38.8 Å². The van der Waals surface area contributed by atoms with E-state index >= 15 is 0 Å². The number of piperidine rings is 2. The van der Waals surface area contributed by atoms with Crippen molar-refractivity contribution in [1.29, 1.82) is 0 Å². The molecule has 5 rings (SSSR count). The van der Waals surface area contributed by atoms with E-state index in [1.807, 2.05) is 0 Å². The fourth-order valence-electron chi connectivity index (χ4n) is 5.05. The predicted molar refractivity (Wildman–Crippen MR) is 134 cm³/mol. The number of hydrogen-bond acceptors (Lipinski definition) is 8. The predicted octanol–water partition coefficient (Wildman–Crippen LogP) is 3.84. The molecule has 2 aromatic heterocycles. The number of hydrogen-bond donors (Lipinski definition) is 1. The molecule has 0 spiro atoms. The smallest absolute Gasteiger partial charge is 0.226 e. The molecule has 2 aliphatic rings. The number of aromatic nitrogens is 4. The molecule has 3 aromatic rings. The topological polar surface area (TPSA) is 104 Å². The van der Waals surface area contributed by atoms with Crippen LogP contribution in [0.4, 0.5) is 21.8 Å². The molecule has 0 atom stereocenters. The molecule has 1 N–H and O–H groups in total. The van der Waals surface area contributed by atoms with E-state index < -0.39 is 15.8 Å². The highest BCUT2D eigenvalue weighted by Crippen LogP contribution is 2.34. The summed E-state index contributed by atoms with van der Waals surface area (Å²) in [6.45, 7) is 2.91. The minimum atomic E-state index is -3.10. The minimum Gasteiger partial charge on any atom is -0.341 e. The lowest BCUT2D eigenvalue weighted by Crippen LogP contribution is -2.42. The van der Waals surface area contributed by atoms with Gasteiger partial charge in [0.05, 0.1) is 17.5 Å². The summed E-state index contributed by atoms with van der Waals surface area (Å²) in [7, 11) is -3.10. The summed E-state index contributed by atoms with van der Waals surface area (Å²) in [6, 6.07) is 4.38. The maximum atomic E-state index is 13.5. The zero-order valence-corrected chi connectivity index (χ0v) is 20.9. The number of sulfonamides is 1. The lowest BCUT2D eigenvalue weighted by atomic mass is 9.79. The molecule has 0 saturated carbocycles. The zero-order chi connectivity index (χ0) is 24.6. The molecule has 35 heavy (non-hydrogen) atoms. The van der Waals surface area contributed by atoms with Crippen molar-refractivity contribution >= 4 is 50.1 Å². The lowest BCUT2D eigenvalue weighted by Gasteiger charge is -2.39. The van der Waals surface area contributed by atoms with Crippen molar-refractivity contribution in [1.82, 2.24) is 24.2 Å². The summed E-state index contributed by atoms with van der Waals surface area (Å²) in [4.78, 5) is 20.1. The van der Waals surface area contributed by atoms with Crippen LogP contribution in [0.2, 0.25) is 5.02 Å². The standard InChI is InChI=1S/C23H27ClFN7O2S/c1-35(33,34)32-10-6-16(7-11-32)15-4-8-31(9-5-15)23-26-13-20-21(30-23)22(28-14-27-20)29-17-2-3-19(25)18(24)12-17/h2-3,12-16H,4-11H2,1H3,(H,27,28,29). The monoisotopic (exact) mass is 519 g/mol. The summed E-state index contributed by atoms with van der Waals surface area (Å²) in [5.41, 5.74) is 1.78. The van der Waals surface area contributed by atoms with E-state index in [9.17, 15) is 12.8 Å². The first-order valence-electron chi connectivity index (χ1n) is 11.7. The first-order valence-corrected chi connectivity index (χ1v) is 13.9. The van der Waals surface area contributed by atoms with Crippen LogP contribution >= 0.6 is 11.6 Å². The number of halogens is 2. The van der Waals surface area contributed by atoms with Gasteiger partial charge >= 0.3 is 0 Å². The Bertz CT molecular complexity index is 1330. The van der Waals surface area contributed by atoms with Crippen LogP contribution in [0, 0.1) is 17.7 Å². The Balaban J connectivity index is 1.27. The van der Waals surface area contributed by atoms with Gasteiger partial charge in [-0.25, -0.2) is 37.0 Å². The van der Waals surface area contributed by atoms with Gasteiger partial charge in [0.2, 0.25) is 16.0 Å². The summed E-state index contributed by atoms with van der Waals surface area (Å²) in [5, 5.41) is 3.17. The van der Waals surface area contributed by atoms with E-state index in [-0.39, 0.29) is 5.02 Å². The first kappa shape index (κ1) is 24.1. The molecule has 9 nitrogen and oxygen atoms in total. The minimum absolute atomic E-state index is 0.0218. The van der Waals surface area contributed by atoms with Crippen LogP contribution < -0.4 is 10.2 Å². The van der Waals surface area contributed by atoms with Crippen LogP contribution in [0.15, 0.2) is 30.7 Å². The van der Waals surface area contributed by atoms with Crippen molar-refractivity contribution in [3.63, 3.8) is 0 Å². The molecule has 0 amide bonds. The molecule has 0 radical (unpaired) electrons. The van der Waals surface area contributed by atoms with Gasteiger partial charge in [0.15, 0.2) is 5.82 Å². The summed E-state index contributed by atoms with van der Waals surface area (Å²) < 4.78 is 38.7.